The summed E-state index contributed by atoms with van der Waals surface area (Å²) in [6.45, 7) is 2.48. The third kappa shape index (κ3) is 2.14. The second-order valence-electron chi connectivity index (χ2n) is 5.16. The number of fused-ring (bicyclic) bond motifs is 2. The van der Waals surface area contributed by atoms with E-state index in [1.54, 1.807) is 6.33 Å². The molecule has 0 saturated heterocycles. The minimum absolute atomic E-state index is 0.455. The molecule has 1 aliphatic rings. The van der Waals surface area contributed by atoms with E-state index >= 15 is 0 Å². The first-order valence-electron chi connectivity index (χ1n) is 6.91. The summed E-state index contributed by atoms with van der Waals surface area (Å²) in [4.78, 5) is 7.04. The van der Waals surface area contributed by atoms with Crippen molar-refractivity contribution in [1.29, 1.82) is 0 Å². The van der Waals surface area contributed by atoms with Crippen LogP contribution < -0.4 is 4.90 Å². The fraction of sp³-hybridized carbons (Fsp3) is 0.267. The van der Waals surface area contributed by atoms with Gasteiger partial charge in [-0.15, -0.1) is 21.8 Å². The van der Waals surface area contributed by atoms with E-state index in [1.165, 1.54) is 0 Å². The molecule has 0 atom stereocenters. The topological polar surface area (TPSA) is 46.8 Å². The highest BCUT2D eigenvalue weighted by atomic mass is 35.5. The van der Waals surface area contributed by atoms with Crippen molar-refractivity contribution in [2.45, 2.75) is 19.0 Å². The van der Waals surface area contributed by atoms with Crippen LogP contribution in [0.3, 0.4) is 0 Å². The average molecular weight is 300 g/mol. The molecule has 0 spiro atoms. The van der Waals surface area contributed by atoms with Crippen molar-refractivity contribution < 1.29 is 0 Å². The first-order chi connectivity index (χ1) is 10.3. The maximum absolute atomic E-state index is 6.13. The van der Waals surface area contributed by atoms with Crippen LogP contribution >= 0.6 is 11.6 Å². The van der Waals surface area contributed by atoms with E-state index in [0.29, 0.717) is 5.88 Å². The summed E-state index contributed by atoms with van der Waals surface area (Å²) in [5.41, 5.74) is 2.05. The standard InChI is InChI=1S/C15H14ClN5/c16-8-12-7-11-3-1-2-4-13(11)18-15(12)20-5-6-21-10-17-19-14(21)9-20/h1-4,7,10H,5-6,8-9H2. The van der Waals surface area contributed by atoms with Gasteiger partial charge in [-0.3, -0.25) is 0 Å². The molecule has 0 bridgehead atoms. The van der Waals surface area contributed by atoms with Crippen LogP contribution in [0.1, 0.15) is 11.4 Å². The molecule has 3 aromatic rings. The monoisotopic (exact) mass is 299 g/mol. The SMILES string of the molecule is ClCc1cc2ccccc2nc1N1CCn2cnnc2C1. The van der Waals surface area contributed by atoms with Gasteiger partial charge in [0.1, 0.15) is 12.1 Å². The number of rotatable bonds is 2. The average Bonchev–Trinajstić information content (AvgIpc) is 3.01. The Hall–Kier alpha value is -2.14. The quantitative estimate of drug-likeness (QED) is 0.682. The van der Waals surface area contributed by atoms with Crippen molar-refractivity contribution >= 4 is 28.3 Å². The highest BCUT2D eigenvalue weighted by molar-refractivity contribution is 6.17. The Bertz CT molecular complexity index is 798. The number of hydrogen-bond acceptors (Lipinski definition) is 4. The van der Waals surface area contributed by atoms with Gasteiger partial charge in [0, 0.05) is 24.0 Å². The van der Waals surface area contributed by atoms with E-state index in [-0.39, 0.29) is 0 Å². The fourth-order valence-electron chi connectivity index (χ4n) is 2.77. The normalized spacial score (nSPS) is 14.4. The molecule has 1 aliphatic heterocycles. The zero-order valence-corrected chi connectivity index (χ0v) is 12.2. The molecule has 0 N–H and O–H groups in total. The molecule has 0 aliphatic carbocycles. The molecule has 0 saturated carbocycles. The first kappa shape index (κ1) is 12.6. The van der Waals surface area contributed by atoms with Gasteiger partial charge in [-0.05, 0) is 12.1 Å². The molecule has 4 rings (SSSR count). The van der Waals surface area contributed by atoms with Crippen LogP contribution in [0.4, 0.5) is 5.82 Å². The summed E-state index contributed by atoms with van der Waals surface area (Å²) in [6, 6.07) is 10.2. The van der Waals surface area contributed by atoms with Crippen LogP contribution in [-0.4, -0.2) is 26.3 Å². The van der Waals surface area contributed by atoms with Gasteiger partial charge in [0.2, 0.25) is 0 Å². The first-order valence-corrected chi connectivity index (χ1v) is 7.45. The lowest BCUT2D eigenvalue weighted by Gasteiger charge is -2.29. The van der Waals surface area contributed by atoms with Gasteiger partial charge >= 0.3 is 0 Å². The molecule has 6 heteroatoms. The number of hydrogen-bond donors (Lipinski definition) is 0. The molecule has 1 aromatic carbocycles. The van der Waals surface area contributed by atoms with E-state index in [9.17, 15) is 0 Å². The zero-order valence-electron chi connectivity index (χ0n) is 11.4. The lowest BCUT2D eigenvalue weighted by molar-refractivity contribution is 0.555. The fourth-order valence-corrected chi connectivity index (χ4v) is 2.97. The van der Waals surface area contributed by atoms with Crippen molar-refractivity contribution in [3.05, 3.63) is 48.0 Å². The molecule has 21 heavy (non-hydrogen) atoms. The number of pyridine rings is 1. The molecule has 5 nitrogen and oxygen atoms in total. The second kappa shape index (κ2) is 5.00. The van der Waals surface area contributed by atoms with Crippen molar-refractivity contribution in [1.82, 2.24) is 19.7 Å². The Morgan fingerprint density at radius 2 is 2.10 bits per heavy atom. The van der Waals surface area contributed by atoms with Crippen LogP contribution in [0.25, 0.3) is 10.9 Å². The van der Waals surface area contributed by atoms with Crippen LogP contribution in [0.2, 0.25) is 0 Å². The summed E-state index contributed by atoms with van der Waals surface area (Å²) >= 11 is 6.13. The number of aromatic nitrogens is 4. The number of benzene rings is 1. The Morgan fingerprint density at radius 3 is 3.00 bits per heavy atom. The Balaban J connectivity index is 1.79. The molecular formula is C15H14ClN5. The number of nitrogens with zero attached hydrogens (tertiary/aromatic N) is 5. The van der Waals surface area contributed by atoms with Gasteiger partial charge in [-0.25, -0.2) is 4.98 Å². The van der Waals surface area contributed by atoms with Gasteiger partial charge in [0.25, 0.3) is 0 Å². The van der Waals surface area contributed by atoms with Crippen molar-refractivity contribution in [3.8, 4) is 0 Å². The van der Waals surface area contributed by atoms with E-state index < -0.39 is 0 Å². The summed E-state index contributed by atoms with van der Waals surface area (Å²) in [5, 5.41) is 9.25. The van der Waals surface area contributed by atoms with Crippen molar-refractivity contribution in [2.75, 3.05) is 11.4 Å². The van der Waals surface area contributed by atoms with Crippen LogP contribution in [-0.2, 0) is 19.0 Å². The maximum Gasteiger partial charge on any atom is 0.152 e. The van der Waals surface area contributed by atoms with Gasteiger partial charge in [0.05, 0.1) is 17.9 Å². The lowest BCUT2D eigenvalue weighted by Crippen LogP contribution is -2.34. The number of anilines is 1. The predicted molar refractivity (Wildman–Crippen MR) is 82.4 cm³/mol. The lowest BCUT2D eigenvalue weighted by atomic mass is 10.1. The largest absolute Gasteiger partial charge is 0.347 e. The van der Waals surface area contributed by atoms with Crippen molar-refractivity contribution in [3.63, 3.8) is 0 Å². The summed E-state index contributed by atoms with van der Waals surface area (Å²) in [6.07, 6.45) is 1.78. The van der Waals surface area contributed by atoms with Crippen molar-refractivity contribution in [2.24, 2.45) is 0 Å². The van der Waals surface area contributed by atoms with E-state index in [1.807, 2.05) is 18.2 Å². The molecule has 2 aromatic heterocycles. The van der Waals surface area contributed by atoms with Crippen LogP contribution in [0.5, 0.6) is 0 Å². The van der Waals surface area contributed by atoms with E-state index in [4.69, 9.17) is 16.6 Å². The van der Waals surface area contributed by atoms with Gasteiger partial charge in [-0.1, -0.05) is 18.2 Å². The molecule has 3 heterocycles. The highest BCUT2D eigenvalue weighted by Crippen LogP contribution is 2.27. The molecule has 0 radical (unpaired) electrons. The Kier molecular flexibility index (Phi) is 3.00. The van der Waals surface area contributed by atoms with E-state index in [2.05, 4.69) is 31.8 Å². The summed E-state index contributed by atoms with van der Waals surface area (Å²) < 4.78 is 2.08. The zero-order chi connectivity index (χ0) is 14.2. The van der Waals surface area contributed by atoms with Crippen LogP contribution in [0, 0.1) is 0 Å². The highest BCUT2D eigenvalue weighted by Gasteiger charge is 2.21. The minimum Gasteiger partial charge on any atom is -0.347 e. The molecule has 106 valence electrons. The molecular weight excluding hydrogens is 286 g/mol. The second-order valence-corrected chi connectivity index (χ2v) is 5.43. The number of para-hydroxylation sites is 1. The summed E-state index contributed by atoms with van der Waals surface area (Å²) in [7, 11) is 0. The third-order valence-corrected chi connectivity index (χ3v) is 4.15. The van der Waals surface area contributed by atoms with Gasteiger partial charge in [0.15, 0.2) is 5.82 Å². The molecule has 0 fully saturated rings. The predicted octanol–water partition coefficient (Wildman–Crippen LogP) is 2.59. The maximum atomic E-state index is 6.13. The number of halogens is 1. The minimum atomic E-state index is 0.455. The smallest absolute Gasteiger partial charge is 0.152 e. The van der Waals surface area contributed by atoms with Gasteiger partial charge < -0.3 is 9.47 Å². The third-order valence-electron chi connectivity index (χ3n) is 3.86. The number of alkyl halides is 1. The molecule has 0 unspecified atom stereocenters. The molecule has 0 amide bonds. The Morgan fingerprint density at radius 1 is 1.19 bits per heavy atom. The van der Waals surface area contributed by atoms with Crippen LogP contribution in [0.15, 0.2) is 36.7 Å². The summed E-state index contributed by atoms with van der Waals surface area (Å²) in [5.74, 6) is 2.38. The van der Waals surface area contributed by atoms with E-state index in [0.717, 1.165) is 47.7 Å². The Labute approximate surface area is 127 Å². The van der Waals surface area contributed by atoms with Gasteiger partial charge in [-0.2, -0.15) is 0 Å².